The average Bonchev–Trinajstić information content (AvgIpc) is 4.19. The lowest BCUT2D eigenvalue weighted by molar-refractivity contribution is -0.144. The van der Waals surface area contributed by atoms with Gasteiger partial charge < -0.3 is 45.3 Å². The Hall–Kier alpha value is -7.36. The van der Waals surface area contributed by atoms with Crippen molar-refractivity contribution in [2.24, 2.45) is 5.41 Å². The molecule has 1 aliphatic heterocycles. The van der Waals surface area contributed by atoms with Crippen LogP contribution in [0.15, 0.2) is 109 Å². The van der Waals surface area contributed by atoms with Crippen LogP contribution in [0.1, 0.15) is 48.8 Å². The number of pyridine rings is 1. The van der Waals surface area contributed by atoms with E-state index in [1.807, 2.05) is 117 Å². The molecule has 72 heavy (non-hydrogen) atoms. The van der Waals surface area contributed by atoms with Crippen LogP contribution in [0.5, 0.6) is 0 Å². The highest BCUT2D eigenvalue weighted by atomic mass is 32.1. The van der Waals surface area contributed by atoms with Crippen LogP contribution in [0.4, 0.5) is 11.5 Å². The number of carbonyl (C=O) groups is 4. The van der Waals surface area contributed by atoms with Gasteiger partial charge in [-0.3, -0.25) is 18.8 Å². The van der Waals surface area contributed by atoms with E-state index in [2.05, 4.69) is 31.2 Å². The summed E-state index contributed by atoms with van der Waals surface area (Å²) in [6.45, 7) is 9.15. The molecule has 19 nitrogen and oxygen atoms in total. The van der Waals surface area contributed by atoms with Crippen molar-refractivity contribution in [2.45, 2.75) is 65.4 Å². The van der Waals surface area contributed by atoms with Crippen molar-refractivity contribution >= 4 is 52.2 Å². The molecular weight excluding hydrogens is 941 g/mol. The van der Waals surface area contributed by atoms with E-state index in [9.17, 15) is 29.4 Å². The number of carboxylic acids is 1. The maximum Gasteiger partial charge on any atom is 0.335 e. The van der Waals surface area contributed by atoms with Crippen LogP contribution in [-0.4, -0.2) is 133 Å². The molecule has 0 saturated carbocycles. The standard InChI is InChI=1S/C52H58N10O9S/c1-33-46(72-32-54-33)36-12-10-34(11-13-36)28-53-49(65)42-27-40(63)29-62(42)50(66)47(52(2,3)4)57-44(64)31-71-25-24-70-23-22-69-21-20-60-30-41(58-59-60)38-18-19-61-43(26-38)56-45(35-8-6-5-7-9-35)48(61)55-39-16-14-37(15-17-39)51(67)68/h5-19,26,30,32,40,42,47,55,63H,20-25,27-29,31H2,1-4H3,(H,53,65)(H,57,64)(H,67,68)/t40-,42+,47-/m1/s1. The van der Waals surface area contributed by atoms with Crippen molar-refractivity contribution in [3.05, 3.63) is 126 Å². The van der Waals surface area contributed by atoms with Crippen LogP contribution in [-0.2, 0) is 41.7 Å². The monoisotopic (exact) mass is 998 g/mol. The number of hydrogen-bond donors (Lipinski definition) is 5. The van der Waals surface area contributed by atoms with Crippen molar-refractivity contribution in [1.82, 2.24) is 44.9 Å². The number of β-amino-alcohol motifs (C(OH)–C–C–N with tert-alkyl or cyclic N) is 1. The number of nitrogens with one attached hydrogen (secondary N) is 3. The largest absolute Gasteiger partial charge is 0.478 e. The molecule has 5 heterocycles. The Kier molecular flexibility index (Phi) is 16.5. The predicted octanol–water partition coefficient (Wildman–Crippen LogP) is 5.99. The number of carboxylic acid groups (broad SMARTS) is 1. The molecule has 20 heteroatoms. The molecule has 3 amide bonds. The number of benzene rings is 3. The summed E-state index contributed by atoms with van der Waals surface area (Å²) in [6, 6.07) is 26.2. The number of imidazole rings is 1. The van der Waals surface area contributed by atoms with Gasteiger partial charge in [0.25, 0.3) is 0 Å². The minimum Gasteiger partial charge on any atom is -0.478 e. The number of anilines is 2. The summed E-state index contributed by atoms with van der Waals surface area (Å²) in [5, 5.41) is 37.7. The molecular formula is C52H58N10O9S. The Morgan fingerprint density at radius 2 is 1.60 bits per heavy atom. The summed E-state index contributed by atoms with van der Waals surface area (Å²) in [6.07, 6.45) is 2.95. The van der Waals surface area contributed by atoms with Crippen LogP contribution < -0.4 is 16.0 Å². The Morgan fingerprint density at radius 3 is 2.29 bits per heavy atom. The molecule has 3 aromatic carbocycles. The van der Waals surface area contributed by atoms with Crippen LogP contribution in [0.2, 0.25) is 0 Å². The van der Waals surface area contributed by atoms with Gasteiger partial charge in [0.15, 0.2) is 0 Å². The fourth-order valence-electron chi connectivity index (χ4n) is 8.24. The molecule has 8 rings (SSSR count). The van der Waals surface area contributed by atoms with Gasteiger partial charge in [0.2, 0.25) is 17.7 Å². The number of aliphatic hydroxyl groups excluding tert-OH is 1. The fraction of sp³-hybridized carbons (Fsp3) is 0.346. The smallest absolute Gasteiger partial charge is 0.335 e. The van der Waals surface area contributed by atoms with E-state index in [1.165, 1.54) is 4.90 Å². The van der Waals surface area contributed by atoms with E-state index < -0.39 is 41.4 Å². The number of likely N-dealkylation sites (tertiary alicyclic amines) is 1. The quantitative estimate of drug-likeness (QED) is 0.0491. The molecule has 1 fully saturated rings. The number of hydrogen-bond acceptors (Lipinski definition) is 14. The SMILES string of the molecule is Cc1ncsc1-c1ccc(CNC(=O)[C@@H]2C[C@@H](O)CN2C(=O)[C@@H](NC(=O)COCCOCCOCCn2cc(-c3ccn4c(Nc5ccc(C(=O)O)cc5)c(-c5ccccc5)nc4c3)nn2)C(C)(C)C)cc1. The first-order valence-electron chi connectivity index (χ1n) is 23.6. The van der Waals surface area contributed by atoms with Gasteiger partial charge in [0.1, 0.15) is 41.5 Å². The number of fused-ring (bicyclic) bond motifs is 1. The number of carbonyl (C=O) groups excluding carboxylic acids is 3. The van der Waals surface area contributed by atoms with Crippen LogP contribution in [0, 0.1) is 12.3 Å². The topological polar surface area (TPSA) is 237 Å². The van der Waals surface area contributed by atoms with Gasteiger partial charge in [0, 0.05) is 42.5 Å². The lowest BCUT2D eigenvalue weighted by Gasteiger charge is -2.35. The number of amides is 3. The number of aromatic nitrogens is 6. The normalized spacial score (nSPS) is 15.2. The van der Waals surface area contributed by atoms with Crippen molar-refractivity contribution in [1.29, 1.82) is 0 Å². The van der Waals surface area contributed by atoms with Gasteiger partial charge in [0.05, 0.1) is 73.5 Å². The summed E-state index contributed by atoms with van der Waals surface area (Å²) in [7, 11) is 0. The second-order valence-electron chi connectivity index (χ2n) is 18.4. The second-order valence-corrected chi connectivity index (χ2v) is 19.3. The summed E-state index contributed by atoms with van der Waals surface area (Å²) < 4.78 is 20.6. The lowest BCUT2D eigenvalue weighted by Crippen LogP contribution is -2.58. The zero-order valence-electron chi connectivity index (χ0n) is 40.5. The van der Waals surface area contributed by atoms with Crippen molar-refractivity contribution in [3.63, 3.8) is 0 Å². The fourth-order valence-corrected chi connectivity index (χ4v) is 9.05. The van der Waals surface area contributed by atoms with E-state index in [0.717, 1.165) is 44.3 Å². The second kappa shape index (κ2) is 23.2. The highest BCUT2D eigenvalue weighted by molar-refractivity contribution is 7.13. The van der Waals surface area contributed by atoms with Gasteiger partial charge in [-0.1, -0.05) is 80.6 Å². The molecule has 0 radical (unpaired) electrons. The van der Waals surface area contributed by atoms with E-state index in [0.29, 0.717) is 43.4 Å². The molecule has 3 atom stereocenters. The van der Waals surface area contributed by atoms with Crippen molar-refractivity contribution in [2.75, 3.05) is 51.5 Å². The Morgan fingerprint density at radius 1 is 0.875 bits per heavy atom. The average molecular weight is 999 g/mol. The van der Waals surface area contributed by atoms with Crippen LogP contribution in [0.25, 0.3) is 38.6 Å². The van der Waals surface area contributed by atoms with Gasteiger partial charge in [-0.15, -0.1) is 16.4 Å². The third kappa shape index (κ3) is 12.7. The summed E-state index contributed by atoms with van der Waals surface area (Å²) >= 11 is 1.57. The number of ether oxygens (including phenoxy) is 3. The molecule has 0 aliphatic carbocycles. The molecule has 0 unspecified atom stereocenters. The number of rotatable bonds is 22. The van der Waals surface area contributed by atoms with Crippen LogP contribution >= 0.6 is 11.3 Å². The van der Waals surface area contributed by atoms with E-state index in [4.69, 9.17) is 19.2 Å². The number of aromatic carboxylic acids is 1. The van der Waals surface area contributed by atoms with Crippen molar-refractivity contribution < 1.29 is 43.6 Å². The van der Waals surface area contributed by atoms with Gasteiger partial charge in [-0.25, -0.2) is 19.4 Å². The minimum absolute atomic E-state index is 0.0263. The summed E-state index contributed by atoms with van der Waals surface area (Å²) in [5.41, 5.74) is 8.70. The van der Waals surface area contributed by atoms with E-state index >= 15 is 0 Å². The minimum atomic E-state index is -0.993. The number of aliphatic hydroxyl groups is 1. The number of nitrogens with zero attached hydrogens (tertiary/aromatic N) is 7. The number of aryl methyl sites for hydroxylation is 1. The van der Waals surface area contributed by atoms with E-state index in [1.54, 1.807) is 40.3 Å². The van der Waals surface area contributed by atoms with Gasteiger partial charge in [-0.05, 0) is 59.9 Å². The van der Waals surface area contributed by atoms with Gasteiger partial charge >= 0.3 is 5.97 Å². The summed E-state index contributed by atoms with van der Waals surface area (Å²) in [5.74, 6) is -1.60. The molecule has 5 N–H and O–H groups in total. The molecule has 7 aromatic rings. The first-order valence-corrected chi connectivity index (χ1v) is 24.5. The molecule has 4 aromatic heterocycles. The third-order valence-corrected chi connectivity index (χ3v) is 13.0. The molecule has 376 valence electrons. The molecule has 1 aliphatic rings. The maximum atomic E-state index is 14.0. The number of thiazole rings is 1. The Balaban J connectivity index is 0.739. The Bertz CT molecular complexity index is 2970. The molecule has 1 saturated heterocycles. The highest BCUT2D eigenvalue weighted by Gasteiger charge is 2.44. The maximum absolute atomic E-state index is 14.0. The first kappa shape index (κ1) is 51.0. The third-order valence-electron chi connectivity index (χ3n) is 12.1. The zero-order valence-corrected chi connectivity index (χ0v) is 41.3. The zero-order chi connectivity index (χ0) is 50.8. The molecule has 0 bridgehead atoms. The molecule has 0 spiro atoms. The van der Waals surface area contributed by atoms with Crippen molar-refractivity contribution in [3.8, 4) is 33.0 Å². The highest BCUT2D eigenvalue weighted by Crippen LogP contribution is 2.33. The first-order chi connectivity index (χ1) is 34.7. The van der Waals surface area contributed by atoms with Crippen LogP contribution in [0.3, 0.4) is 0 Å². The summed E-state index contributed by atoms with van der Waals surface area (Å²) in [4.78, 5) is 63.6. The predicted molar refractivity (Wildman–Crippen MR) is 270 cm³/mol. The van der Waals surface area contributed by atoms with E-state index in [-0.39, 0.29) is 50.8 Å². The Labute approximate surface area is 420 Å². The van der Waals surface area contributed by atoms with Gasteiger partial charge in [-0.2, -0.15) is 0 Å². The lowest BCUT2D eigenvalue weighted by atomic mass is 9.85.